The molecule has 1 aromatic heterocycles. The van der Waals surface area contributed by atoms with Crippen LogP contribution in [0.4, 0.5) is 5.69 Å². The number of nitrogens with zero attached hydrogens (tertiary/aromatic N) is 2. The highest BCUT2D eigenvalue weighted by Gasteiger charge is 2.20. The number of rotatable bonds is 6. The van der Waals surface area contributed by atoms with Crippen LogP contribution in [0.1, 0.15) is 23.6 Å². The lowest BCUT2D eigenvalue weighted by atomic mass is 10.2. The van der Waals surface area contributed by atoms with E-state index in [0.717, 1.165) is 43.4 Å². The van der Waals surface area contributed by atoms with Crippen LogP contribution < -0.4 is 9.64 Å². The van der Waals surface area contributed by atoms with Crippen molar-refractivity contribution in [2.45, 2.75) is 33.1 Å². The second-order valence-corrected chi connectivity index (χ2v) is 7.68. The molecule has 1 aliphatic rings. The van der Waals surface area contributed by atoms with Crippen LogP contribution in [0.25, 0.3) is 0 Å². The van der Waals surface area contributed by atoms with Gasteiger partial charge in [0.05, 0.1) is 18.4 Å². The van der Waals surface area contributed by atoms with Gasteiger partial charge in [-0.3, -0.25) is 4.90 Å². The zero-order valence-electron chi connectivity index (χ0n) is 14.4. The molecule has 24 heavy (non-hydrogen) atoms. The van der Waals surface area contributed by atoms with Gasteiger partial charge in [0.2, 0.25) is 0 Å². The standard InChI is InChI=1S/C19H26N2O2S/c1-15(2)23-19-6-4-3-5-18(19)21-11-9-20(10-12-21)13-16-7-8-17(14-22)24-16/h3-8,15,22H,9-14H2,1-2H3. The highest BCUT2D eigenvalue weighted by Crippen LogP contribution is 2.30. The summed E-state index contributed by atoms with van der Waals surface area (Å²) in [4.78, 5) is 7.27. The Morgan fingerprint density at radius 2 is 1.75 bits per heavy atom. The summed E-state index contributed by atoms with van der Waals surface area (Å²) >= 11 is 1.71. The van der Waals surface area contributed by atoms with Crippen molar-refractivity contribution < 1.29 is 9.84 Å². The minimum absolute atomic E-state index is 0.144. The van der Waals surface area contributed by atoms with Crippen molar-refractivity contribution in [2.75, 3.05) is 31.1 Å². The summed E-state index contributed by atoms with van der Waals surface area (Å²) in [5.74, 6) is 0.979. The molecule has 2 heterocycles. The second-order valence-electron chi connectivity index (χ2n) is 6.42. The van der Waals surface area contributed by atoms with Crippen LogP contribution in [0.5, 0.6) is 5.75 Å². The predicted molar refractivity (Wildman–Crippen MR) is 99.9 cm³/mol. The lowest BCUT2D eigenvalue weighted by Gasteiger charge is -2.36. The van der Waals surface area contributed by atoms with Crippen LogP contribution in [0.3, 0.4) is 0 Å². The van der Waals surface area contributed by atoms with Crippen molar-refractivity contribution in [2.24, 2.45) is 0 Å². The van der Waals surface area contributed by atoms with Crippen LogP contribution >= 0.6 is 11.3 Å². The van der Waals surface area contributed by atoms with Gasteiger partial charge in [-0.2, -0.15) is 0 Å². The van der Waals surface area contributed by atoms with Gasteiger partial charge in [0.15, 0.2) is 0 Å². The molecular weight excluding hydrogens is 320 g/mol. The smallest absolute Gasteiger partial charge is 0.142 e. The minimum atomic E-state index is 0.144. The first-order valence-corrected chi connectivity index (χ1v) is 9.39. The van der Waals surface area contributed by atoms with Crippen LogP contribution in [0.15, 0.2) is 36.4 Å². The van der Waals surface area contributed by atoms with E-state index in [9.17, 15) is 5.11 Å². The number of hydrogen-bond donors (Lipinski definition) is 1. The van der Waals surface area contributed by atoms with Crippen LogP contribution in [0.2, 0.25) is 0 Å². The summed E-state index contributed by atoms with van der Waals surface area (Å²) in [6.45, 7) is 9.36. The van der Waals surface area contributed by atoms with Crippen molar-refractivity contribution in [3.05, 3.63) is 46.2 Å². The molecule has 0 saturated carbocycles. The zero-order valence-corrected chi connectivity index (χ0v) is 15.3. The number of aliphatic hydroxyl groups excluding tert-OH is 1. The SMILES string of the molecule is CC(C)Oc1ccccc1N1CCN(Cc2ccc(CO)s2)CC1. The first-order chi connectivity index (χ1) is 11.7. The van der Waals surface area contributed by atoms with Crippen LogP contribution in [-0.2, 0) is 13.2 Å². The average Bonchev–Trinajstić information content (AvgIpc) is 3.03. The van der Waals surface area contributed by atoms with E-state index in [0.29, 0.717) is 0 Å². The molecule has 1 N–H and O–H groups in total. The van der Waals surface area contributed by atoms with E-state index in [4.69, 9.17) is 4.74 Å². The highest BCUT2D eigenvalue weighted by molar-refractivity contribution is 7.11. The summed E-state index contributed by atoms with van der Waals surface area (Å²) < 4.78 is 5.96. The number of anilines is 1. The van der Waals surface area contributed by atoms with E-state index in [1.54, 1.807) is 11.3 Å². The molecule has 1 aromatic carbocycles. The second kappa shape index (κ2) is 8.01. The van der Waals surface area contributed by atoms with Crippen LogP contribution in [-0.4, -0.2) is 42.3 Å². The summed E-state index contributed by atoms with van der Waals surface area (Å²) in [6, 6.07) is 12.5. The number of ether oxygens (including phenoxy) is 1. The van der Waals surface area contributed by atoms with Gasteiger partial charge in [0.25, 0.3) is 0 Å². The third-order valence-corrected chi connectivity index (χ3v) is 5.25. The molecular formula is C19H26N2O2S. The Hall–Kier alpha value is -1.56. The van der Waals surface area contributed by atoms with Gasteiger partial charge in [-0.05, 0) is 38.1 Å². The molecule has 4 nitrogen and oxygen atoms in total. The van der Waals surface area contributed by atoms with E-state index in [-0.39, 0.29) is 12.7 Å². The minimum Gasteiger partial charge on any atom is -0.489 e. The Labute approximate surface area is 148 Å². The lowest BCUT2D eigenvalue weighted by Crippen LogP contribution is -2.46. The average molecular weight is 346 g/mol. The Morgan fingerprint density at radius 1 is 1.04 bits per heavy atom. The monoisotopic (exact) mass is 346 g/mol. The topological polar surface area (TPSA) is 35.9 Å². The van der Waals surface area contributed by atoms with Gasteiger partial charge in [0.1, 0.15) is 5.75 Å². The normalized spacial score (nSPS) is 15.9. The molecule has 0 amide bonds. The third kappa shape index (κ3) is 4.29. The zero-order chi connectivity index (χ0) is 16.9. The van der Waals surface area contributed by atoms with Crippen molar-refractivity contribution in [1.29, 1.82) is 0 Å². The predicted octanol–water partition coefficient (Wildman–Crippen LogP) is 3.35. The van der Waals surface area contributed by atoms with Crippen molar-refractivity contribution >= 4 is 17.0 Å². The van der Waals surface area contributed by atoms with Gasteiger partial charge < -0.3 is 14.7 Å². The van der Waals surface area contributed by atoms with E-state index in [1.165, 1.54) is 10.6 Å². The van der Waals surface area contributed by atoms with E-state index in [2.05, 4.69) is 47.9 Å². The fourth-order valence-electron chi connectivity index (χ4n) is 3.03. The first kappa shape index (κ1) is 17.3. The van der Waals surface area contributed by atoms with Gasteiger partial charge in [-0.25, -0.2) is 0 Å². The first-order valence-electron chi connectivity index (χ1n) is 8.57. The van der Waals surface area contributed by atoms with Crippen molar-refractivity contribution in [1.82, 2.24) is 4.90 Å². The Balaban J connectivity index is 1.59. The maximum atomic E-state index is 9.18. The number of aliphatic hydroxyl groups is 1. The van der Waals surface area contributed by atoms with Crippen LogP contribution in [0, 0.1) is 0 Å². The molecule has 3 rings (SSSR count). The molecule has 0 atom stereocenters. The molecule has 5 heteroatoms. The Morgan fingerprint density at radius 3 is 2.42 bits per heavy atom. The summed E-state index contributed by atoms with van der Waals surface area (Å²) in [7, 11) is 0. The van der Waals surface area contributed by atoms with Crippen molar-refractivity contribution in [3.8, 4) is 5.75 Å². The lowest BCUT2D eigenvalue weighted by molar-refractivity contribution is 0.236. The Kier molecular flexibility index (Phi) is 5.76. The third-order valence-electron chi connectivity index (χ3n) is 4.19. The fraction of sp³-hybridized carbons (Fsp3) is 0.474. The molecule has 0 unspecified atom stereocenters. The molecule has 1 aliphatic heterocycles. The fourth-order valence-corrected chi connectivity index (χ4v) is 3.95. The number of hydrogen-bond acceptors (Lipinski definition) is 5. The molecule has 0 spiro atoms. The van der Waals surface area contributed by atoms with E-state index in [1.807, 2.05) is 12.1 Å². The number of thiophene rings is 1. The Bertz CT molecular complexity index is 648. The summed E-state index contributed by atoms with van der Waals surface area (Å²) in [5, 5.41) is 9.18. The number of benzene rings is 1. The molecule has 1 fully saturated rings. The summed E-state index contributed by atoms with van der Waals surface area (Å²) in [5.41, 5.74) is 1.20. The number of para-hydroxylation sites is 2. The van der Waals surface area contributed by atoms with Gasteiger partial charge in [-0.1, -0.05) is 12.1 Å². The molecule has 0 radical (unpaired) electrons. The molecule has 0 bridgehead atoms. The quantitative estimate of drug-likeness (QED) is 0.870. The largest absolute Gasteiger partial charge is 0.489 e. The van der Waals surface area contributed by atoms with E-state index >= 15 is 0 Å². The van der Waals surface area contributed by atoms with Crippen molar-refractivity contribution in [3.63, 3.8) is 0 Å². The molecule has 2 aromatic rings. The number of piperazine rings is 1. The molecule has 1 saturated heterocycles. The molecule has 130 valence electrons. The highest BCUT2D eigenvalue weighted by atomic mass is 32.1. The maximum absolute atomic E-state index is 9.18. The van der Waals surface area contributed by atoms with Gasteiger partial charge >= 0.3 is 0 Å². The van der Waals surface area contributed by atoms with Gasteiger partial charge in [0, 0.05) is 42.5 Å². The van der Waals surface area contributed by atoms with E-state index < -0.39 is 0 Å². The summed E-state index contributed by atoms with van der Waals surface area (Å²) in [6.07, 6.45) is 0.187. The maximum Gasteiger partial charge on any atom is 0.142 e. The molecule has 0 aliphatic carbocycles. The van der Waals surface area contributed by atoms with Gasteiger partial charge in [-0.15, -0.1) is 11.3 Å².